The van der Waals surface area contributed by atoms with Crippen LogP contribution in [0.4, 0.5) is 0 Å². The Kier molecular flexibility index (Phi) is 8.62. The van der Waals surface area contributed by atoms with Gasteiger partial charge in [-0.1, -0.05) is 20.8 Å². The summed E-state index contributed by atoms with van der Waals surface area (Å²) in [6.45, 7) is 12.5. The smallest absolute Gasteiger partial charge is 0.341 e. The minimum Gasteiger partial charge on any atom is -0.543 e. The molecule has 2 aromatic rings. The van der Waals surface area contributed by atoms with Gasteiger partial charge in [0, 0.05) is 5.39 Å². The minimum absolute atomic E-state index is 0.0362. The zero-order valence-electron chi connectivity index (χ0n) is 20.1. The highest BCUT2D eigenvalue weighted by atomic mass is 28.4. The summed E-state index contributed by atoms with van der Waals surface area (Å²) in [6.07, 6.45) is -0.0362. The molecule has 2 rings (SSSR count). The molecule has 6 nitrogen and oxygen atoms in total. The van der Waals surface area contributed by atoms with Crippen LogP contribution in [-0.2, 0) is 4.74 Å². The van der Waals surface area contributed by atoms with Crippen LogP contribution in [0, 0.1) is 0 Å². The van der Waals surface area contributed by atoms with Crippen LogP contribution >= 0.6 is 0 Å². The lowest BCUT2D eigenvalue weighted by Gasteiger charge is -2.30. The molecule has 0 amide bonds. The minimum atomic E-state index is -2.02. The zero-order valence-corrected chi connectivity index (χ0v) is 21.1. The fourth-order valence-corrected chi connectivity index (χ4v) is 6.31. The molecule has 0 aromatic heterocycles. The van der Waals surface area contributed by atoms with Crippen molar-refractivity contribution < 1.29 is 28.2 Å². The second-order valence-corrected chi connectivity index (χ2v) is 12.4. The fraction of sp³-hybridized carbons (Fsp3) is 0.542. The maximum Gasteiger partial charge on any atom is 0.341 e. The number of carbonyl (C=O) groups is 1. The first kappa shape index (κ1) is 24.9. The number of methoxy groups -OCH3 is 2. The first-order chi connectivity index (χ1) is 14.8. The molecule has 0 bridgehead atoms. The van der Waals surface area contributed by atoms with Gasteiger partial charge >= 0.3 is 5.97 Å². The maximum absolute atomic E-state index is 12.8. The average Bonchev–Trinajstić information content (AvgIpc) is 2.75. The third kappa shape index (κ3) is 5.26. The van der Waals surface area contributed by atoms with Gasteiger partial charge in [-0.15, -0.1) is 0 Å². The summed E-state index contributed by atoms with van der Waals surface area (Å²) in [5, 5.41) is 1.59. The summed E-state index contributed by atoms with van der Waals surface area (Å²) in [4.78, 5) is 12.8. The van der Waals surface area contributed by atoms with Gasteiger partial charge in [0.25, 0.3) is 8.32 Å². The van der Waals surface area contributed by atoms with E-state index in [1.165, 1.54) is 0 Å². The van der Waals surface area contributed by atoms with E-state index in [-0.39, 0.29) is 12.7 Å². The van der Waals surface area contributed by atoms with Crippen LogP contribution in [0.15, 0.2) is 18.2 Å². The highest BCUT2D eigenvalue weighted by molar-refractivity contribution is 6.74. The molecule has 0 aliphatic heterocycles. The van der Waals surface area contributed by atoms with E-state index in [4.69, 9.17) is 23.4 Å². The Balaban J connectivity index is 2.82. The molecule has 0 aliphatic rings. The van der Waals surface area contributed by atoms with Crippen molar-refractivity contribution in [2.24, 2.45) is 0 Å². The molecule has 0 aliphatic carbocycles. The molecule has 0 unspecified atom stereocenters. The summed E-state index contributed by atoms with van der Waals surface area (Å²) < 4.78 is 29.2. The molecule has 0 atom stereocenters. The number of fused-ring (bicyclic) bond motifs is 1. The first-order valence-corrected chi connectivity index (χ1v) is 13.6. The van der Waals surface area contributed by atoms with Gasteiger partial charge in [0.15, 0.2) is 11.5 Å². The van der Waals surface area contributed by atoms with Crippen molar-refractivity contribution in [3.63, 3.8) is 0 Å². The van der Waals surface area contributed by atoms with Crippen LogP contribution in [0.3, 0.4) is 0 Å². The van der Waals surface area contributed by atoms with Crippen molar-refractivity contribution in [2.75, 3.05) is 20.8 Å². The van der Waals surface area contributed by atoms with E-state index in [1.54, 1.807) is 27.2 Å². The van der Waals surface area contributed by atoms with E-state index in [0.29, 0.717) is 28.6 Å². The molecule has 2 aromatic carbocycles. The number of esters is 1. The number of hydrogen-bond acceptors (Lipinski definition) is 6. The first-order valence-electron chi connectivity index (χ1n) is 11.0. The molecule has 0 fully saturated rings. The maximum atomic E-state index is 12.8. The molecule has 31 heavy (non-hydrogen) atoms. The van der Waals surface area contributed by atoms with Crippen molar-refractivity contribution >= 4 is 25.1 Å². The van der Waals surface area contributed by atoms with Gasteiger partial charge in [-0.05, 0) is 62.5 Å². The Morgan fingerprint density at radius 3 is 1.97 bits per heavy atom. The highest BCUT2D eigenvalue weighted by Crippen LogP contribution is 2.46. The number of ether oxygens (including phenoxy) is 4. The monoisotopic (exact) mass is 448 g/mol. The van der Waals surface area contributed by atoms with Gasteiger partial charge in [0.1, 0.15) is 11.3 Å². The topological polar surface area (TPSA) is 63.2 Å². The van der Waals surface area contributed by atoms with Crippen LogP contribution in [0.2, 0.25) is 18.1 Å². The molecule has 7 heteroatoms. The summed E-state index contributed by atoms with van der Waals surface area (Å²) >= 11 is 0. The Bertz CT molecular complexity index is 897. The molecule has 0 radical (unpaired) electrons. The number of hydrogen-bond donors (Lipinski definition) is 0. The number of benzene rings is 2. The van der Waals surface area contributed by atoms with Gasteiger partial charge in [-0.25, -0.2) is 4.79 Å². The Labute approximate surface area is 186 Å². The predicted octanol–water partition coefficient (Wildman–Crippen LogP) is 6.20. The quantitative estimate of drug-likeness (QED) is 0.301. The lowest BCUT2D eigenvalue weighted by molar-refractivity contribution is 0.0524. The number of carbonyl (C=O) groups excluding carboxylic acids is 1. The molecular weight excluding hydrogens is 412 g/mol. The third-order valence-corrected chi connectivity index (χ3v) is 10.2. The van der Waals surface area contributed by atoms with E-state index in [9.17, 15) is 4.79 Å². The second-order valence-electron chi connectivity index (χ2n) is 7.74. The Morgan fingerprint density at radius 1 is 0.903 bits per heavy atom. The van der Waals surface area contributed by atoms with Crippen molar-refractivity contribution in [1.29, 1.82) is 0 Å². The standard InChI is InChI=1S/C24H36O6Si/c1-9-28-24(25)19-15-18-17(13-20(19)30-31(10-2,11-3)12-4)14-21(29-16(5)6)23(27-8)22(18)26-7/h13-16H,9-12H2,1-8H3. The zero-order chi connectivity index (χ0) is 23.2. The largest absolute Gasteiger partial charge is 0.543 e. The van der Waals surface area contributed by atoms with E-state index in [1.807, 2.05) is 26.0 Å². The van der Waals surface area contributed by atoms with Gasteiger partial charge in [0.2, 0.25) is 5.75 Å². The van der Waals surface area contributed by atoms with Gasteiger partial charge in [-0.3, -0.25) is 0 Å². The summed E-state index contributed by atoms with van der Waals surface area (Å²) in [5.74, 6) is 1.74. The molecule has 0 saturated carbocycles. The fourth-order valence-electron chi connectivity index (χ4n) is 3.74. The lowest BCUT2D eigenvalue weighted by atomic mass is 10.0. The molecule has 172 valence electrons. The molecule has 0 saturated heterocycles. The summed E-state index contributed by atoms with van der Waals surface area (Å²) in [6, 6.07) is 8.49. The van der Waals surface area contributed by atoms with E-state index in [0.717, 1.165) is 28.9 Å². The predicted molar refractivity (Wildman–Crippen MR) is 127 cm³/mol. The van der Waals surface area contributed by atoms with Crippen molar-refractivity contribution in [3.05, 3.63) is 23.8 Å². The summed E-state index contributed by atoms with van der Waals surface area (Å²) in [7, 11) is 1.13. The van der Waals surface area contributed by atoms with Gasteiger partial charge in [-0.2, -0.15) is 0 Å². The van der Waals surface area contributed by atoms with E-state index >= 15 is 0 Å². The average molecular weight is 449 g/mol. The van der Waals surface area contributed by atoms with E-state index in [2.05, 4.69) is 20.8 Å². The van der Waals surface area contributed by atoms with Crippen LogP contribution < -0.4 is 18.6 Å². The Morgan fingerprint density at radius 2 is 1.48 bits per heavy atom. The Hall–Kier alpha value is -2.41. The highest BCUT2D eigenvalue weighted by Gasteiger charge is 2.33. The summed E-state index contributed by atoms with van der Waals surface area (Å²) in [5.41, 5.74) is 0.402. The lowest BCUT2D eigenvalue weighted by Crippen LogP contribution is -2.39. The van der Waals surface area contributed by atoms with Crippen LogP contribution in [0.1, 0.15) is 51.9 Å². The van der Waals surface area contributed by atoms with Crippen LogP contribution in [0.5, 0.6) is 23.0 Å². The van der Waals surface area contributed by atoms with Crippen LogP contribution in [0.25, 0.3) is 10.8 Å². The van der Waals surface area contributed by atoms with Gasteiger partial charge < -0.3 is 23.4 Å². The molecule has 0 spiro atoms. The van der Waals surface area contributed by atoms with Crippen molar-refractivity contribution in [1.82, 2.24) is 0 Å². The normalized spacial score (nSPS) is 11.5. The van der Waals surface area contributed by atoms with E-state index < -0.39 is 14.3 Å². The van der Waals surface area contributed by atoms with Crippen LogP contribution in [-0.4, -0.2) is 41.2 Å². The second kappa shape index (κ2) is 10.8. The van der Waals surface area contributed by atoms with Crippen molar-refractivity contribution in [3.8, 4) is 23.0 Å². The van der Waals surface area contributed by atoms with Gasteiger partial charge in [0.05, 0.1) is 26.9 Å². The molecular formula is C24H36O6Si. The number of rotatable bonds is 11. The SMILES string of the molecule is CCOC(=O)c1cc2c(OC)c(OC)c(OC(C)C)cc2cc1O[Si](CC)(CC)CC. The molecule has 0 heterocycles. The van der Waals surface area contributed by atoms with Crippen molar-refractivity contribution in [2.45, 2.75) is 65.8 Å². The molecule has 0 N–H and O–H groups in total. The third-order valence-electron chi connectivity index (χ3n) is 5.64.